The maximum absolute atomic E-state index is 11.6. The second-order valence-corrected chi connectivity index (χ2v) is 13.7. The van der Waals surface area contributed by atoms with Crippen molar-refractivity contribution in [3.05, 3.63) is 24.3 Å². The Kier molecular flexibility index (Phi) is 6.04. The van der Waals surface area contributed by atoms with Crippen LogP contribution in [0.15, 0.2) is 24.3 Å². The van der Waals surface area contributed by atoms with Crippen LogP contribution >= 0.6 is 0 Å². The van der Waals surface area contributed by atoms with Crippen LogP contribution in [0.2, 0.25) is 0 Å². The normalized spacial score (nSPS) is 45.2. The molecule has 2 N–H and O–H groups in total. The van der Waals surface area contributed by atoms with Gasteiger partial charge < -0.3 is 10.2 Å². The zero-order valence-corrected chi connectivity index (χ0v) is 22.0. The van der Waals surface area contributed by atoms with Crippen molar-refractivity contribution in [2.45, 2.75) is 111 Å². The first kappa shape index (κ1) is 25.0. The monoisotopic (exact) mass is 456 g/mol. The van der Waals surface area contributed by atoms with Gasteiger partial charge >= 0.3 is 5.97 Å². The predicted octanol–water partition coefficient (Wildman–Crippen LogP) is 7.40. The molecule has 0 unspecified atom stereocenters. The zero-order chi connectivity index (χ0) is 24.4. The second-order valence-electron chi connectivity index (χ2n) is 13.7. The Labute approximate surface area is 202 Å². The molecule has 4 aliphatic carbocycles. The van der Waals surface area contributed by atoms with E-state index in [1.54, 1.807) is 0 Å². The van der Waals surface area contributed by atoms with Gasteiger partial charge in [-0.1, -0.05) is 45.1 Å². The van der Waals surface area contributed by atoms with E-state index < -0.39 is 11.6 Å². The van der Waals surface area contributed by atoms with Crippen molar-refractivity contribution in [2.75, 3.05) is 0 Å². The van der Waals surface area contributed by atoms with Crippen molar-refractivity contribution < 1.29 is 15.0 Å². The maximum atomic E-state index is 11.6. The molecule has 33 heavy (non-hydrogen) atoms. The highest BCUT2D eigenvalue weighted by Crippen LogP contribution is 2.87. The van der Waals surface area contributed by atoms with Crippen LogP contribution in [0, 0.1) is 45.3 Å². The highest BCUT2D eigenvalue weighted by molar-refractivity contribution is 5.67. The third kappa shape index (κ3) is 3.67. The summed E-state index contributed by atoms with van der Waals surface area (Å²) >= 11 is 0. The van der Waals surface area contributed by atoms with Crippen molar-refractivity contribution in [3.63, 3.8) is 0 Å². The van der Waals surface area contributed by atoms with Gasteiger partial charge in [0.25, 0.3) is 0 Å². The van der Waals surface area contributed by atoms with Crippen molar-refractivity contribution in [1.82, 2.24) is 0 Å². The number of rotatable bonds is 8. The van der Waals surface area contributed by atoms with Crippen molar-refractivity contribution in [1.29, 1.82) is 0 Å². The lowest BCUT2D eigenvalue weighted by Crippen LogP contribution is -2.54. The molecule has 0 aliphatic heterocycles. The van der Waals surface area contributed by atoms with E-state index >= 15 is 0 Å². The number of aliphatic hydroxyl groups is 1. The van der Waals surface area contributed by atoms with Gasteiger partial charge in [-0.25, -0.2) is 0 Å². The standard InChI is InChI=1S/C30H48O3/c1-20(2)22-10-11-24-28(7)15-12-23(21(3)9-8-14-26(4,5)33)27(28,6)17-18-30(24)19-29(22,30)16-13-25(31)32/h8,14,21-24,33H,1,9-13,15-19H2,2-7H3,(H,31,32)/b14-8+/t21-,22+,23-,24+,27-,28+,29-,30+/m1/s1. The van der Waals surface area contributed by atoms with Gasteiger partial charge in [0.1, 0.15) is 0 Å². The fourth-order valence-electron chi connectivity index (χ4n) is 10.0. The van der Waals surface area contributed by atoms with Crippen molar-refractivity contribution >= 4 is 5.97 Å². The third-order valence-electron chi connectivity index (χ3n) is 11.6. The molecule has 0 aromatic carbocycles. The first-order chi connectivity index (χ1) is 15.2. The Bertz CT molecular complexity index is 836. The van der Waals surface area contributed by atoms with E-state index in [1.807, 2.05) is 19.9 Å². The molecule has 8 atom stereocenters. The topological polar surface area (TPSA) is 57.5 Å². The molecule has 186 valence electrons. The third-order valence-corrected chi connectivity index (χ3v) is 11.6. The number of carboxylic acids is 1. The number of carboxylic acid groups (broad SMARTS) is 1. The summed E-state index contributed by atoms with van der Waals surface area (Å²) < 4.78 is 0. The van der Waals surface area contributed by atoms with Crippen LogP contribution in [0.5, 0.6) is 0 Å². The van der Waals surface area contributed by atoms with Crippen LogP contribution in [0.25, 0.3) is 0 Å². The number of aliphatic carboxylic acids is 1. The number of hydrogen-bond donors (Lipinski definition) is 2. The largest absolute Gasteiger partial charge is 0.481 e. The van der Waals surface area contributed by atoms with Gasteiger partial charge in [-0.2, -0.15) is 0 Å². The van der Waals surface area contributed by atoms with Gasteiger partial charge in [0.2, 0.25) is 0 Å². The van der Waals surface area contributed by atoms with Crippen LogP contribution in [0.1, 0.15) is 106 Å². The lowest BCUT2D eigenvalue weighted by atomic mass is 9.43. The number of hydrogen-bond acceptors (Lipinski definition) is 2. The van der Waals surface area contributed by atoms with Gasteiger partial charge in [0, 0.05) is 6.42 Å². The lowest BCUT2D eigenvalue weighted by Gasteiger charge is -2.61. The van der Waals surface area contributed by atoms with E-state index in [2.05, 4.69) is 40.3 Å². The average molecular weight is 457 g/mol. The van der Waals surface area contributed by atoms with Gasteiger partial charge in [-0.15, -0.1) is 0 Å². The number of carbonyl (C=O) groups is 1. The summed E-state index contributed by atoms with van der Waals surface area (Å²) in [6.45, 7) is 17.9. The molecule has 3 heteroatoms. The SMILES string of the molecule is C=C(C)[C@@H]1CC[C@@H]2[C@]3(CC[C@]4(C)[C@@H]([C@H](C)C/C=C/C(C)(C)O)CC[C@@]24C)C[C@]13CCC(=O)O. The molecule has 0 aromatic heterocycles. The first-order valence-corrected chi connectivity index (χ1v) is 13.5. The molecule has 0 amide bonds. The summed E-state index contributed by atoms with van der Waals surface area (Å²) in [4.78, 5) is 11.6. The second kappa shape index (κ2) is 7.97. The molecule has 0 heterocycles. The van der Waals surface area contributed by atoms with Crippen LogP contribution in [0.4, 0.5) is 0 Å². The molecule has 0 saturated heterocycles. The summed E-state index contributed by atoms with van der Waals surface area (Å²) in [6.07, 6.45) is 15.2. The summed E-state index contributed by atoms with van der Waals surface area (Å²) in [7, 11) is 0. The molecular weight excluding hydrogens is 408 g/mol. The Morgan fingerprint density at radius 3 is 2.45 bits per heavy atom. The highest BCUT2D eigenvalue weighted by Gasteiger charge is 2.80. The predicted molar refractivity (Wildman–Crippen MR) is 135 cm³/mol. The minimum atomic E-state index is -0.738. The minimum Gasteiger partial charge on any atom is -0.481 e. The molecule has 1 spiro atoms. The Hall–Kier alpha value is -1.09. The molecule has 0 bridgehead atoms. The van der Waals surface area contributed by atoms with Crippen LogP contribution in [0.3, 0.4) is 0 Å². The number of allylic oxidation sites excluding steroid dienone is 2. The average Bonchev–Trinajstić information content (AvgIpc) is 3.29. The van der Waals surface area contributed by atoms with Gasteiger partial charge in [-0.3, -0.25) is 4.79 Å². The van der Waals surface area contributed by atoms with Crippen LogP contribution < -0.4 is 0 Å². The van der Waals surface area contributed by atoms with Gasteiger partial charge in [0.15, 0.2) is 0 Å². The molecule has 4 rings (SSSR count). The van der Waals surface area contributed by atoms with Crippen LogP contribution in [-0.4, -0.2) is 21.8 Å². The first-order valence-electron chi connectivity index (χ1n) is 13.5. The van der Waals surface area contributed by atoms with E-state index in [4.69, 9.17) is 0 Å². The number of fused-ring (bicyclic) bond motifs is 2. The molecular formula is C30H48O3. The molecule has 0 radical (unpaired) electrons. The molecule has 4 aliphatic rings. The molecule has 0 aromatic rings. The van der Waals surface area contributed by atoms with E-state index in [0.29, 0.717) is 34.5 Å². The Morgan fingerprint density at radius 2 is 1.85 bits per heavy atom. The Morgan fingerprint density at radius 1 is 1.15 bits per heavy atom. The van der Waals surface area contributed by atoms with Crippen molar-refractivity contribution in [2.24, 2.45) is 45.3 Å². The maximum Gasteiger partial charge on any atom is 0.303 e. The summed E-state index contributed by atoms with van der Waals surface area (Å²) in [5.74, 6) is 1.92. The fraction of sp³-hybridized carbons (Fsp3) is 0.833. The van der Waals surface area contributed by atoms with Crippen LogP contribution in [-0.2, 0) is 4.79 Å². The summed E-state index contributed by atoms with van der Waals surface area (Å²) in [6, 6.07) is 0. The quantitative estimate of drug-likeness (QED) is 0.374. The highest BCUT2D eigenvalue weighted by atomic mass is 16.4. The van der Waals surface area contributed by atoms with Crippen molar-refractivity contribution in [3.8, 4) is 0 Å². The lowest BCUT2D eigenvalue weighted by molar-refractivity contribution is -0.139. The van der Waals surface area contributed by atoms with E-state index in [0.717, 1.165) is 24.7 Å². The van der Waals surface area contributed by atoms with E-state index in [-0.39, 0.29) is 5.41 Å². The minimum absolute atomic E-state index is 0.184. The van der Waals surface area contributed by atoms with Gasteiger partial charge in [0.05, 0.1) is 5.60 Å². The molecule has 3 nitrogen and oxygen atoms in total. The van der Waals surface area contributed by atoms with E-state index in [9.17, 15) is 15.0 Å². The zero-order valence-electron chi connectivity index (χ0n) is 22.0. The summed E-state index contributed by atoms with van der Waals surface area (Å²) in [5.41, 5.74) is 1.77. The van der Waals surface area contributed by atoms with Gasteiger partial charge in [-0.05, 0) is 124 Å². The fourth-order valence-corrected chi connectivity index (χ4v) is 10.0. The Balaban J connectivity index is 1.59. The molecule has 4 fully saturated rings. The smallest absolute Gasteiger partial charge is 0.303 e. The summed E-state index contributed by atoms with van der Waals surface area (Å²) in [5, 5.41) is 19.6. The molecule has 4 saturated carbocycles. The van der Waals surface area contributed by atoms with E-state index in [1.165, 1.54) is 50.5 Å².